The molecule has 0 spiro atoms. The third kappa shape index (κ3) is 5.56. The maximum absolute atomic E-state index is 12.9. The lowest BCUT2D eigenvalue weighted by atomic mass is 10.1. The van der Waals surface area contributed by atoms with Gasteiger partial charge in [-0.15, -0.1) is 0 Å². The van der Waals surface area contributed by atoms with E-state index in [-0.39, 0.29) is 23.5 Å². The number of hydrogen-bond donors (Lipinski definition) is 0. The maximum Gasteiger partial charge on any atom is 0.266 e. The molecular weight excluding hydrogens is 442 g/mol. The number of rotatable bonds is 9. The van der Waals surface area contributed by atoms with Crippen molar-refractivity contribution >= 4 is 50.1 Å². The number of methoxy groups -OCH3 is 1. The van der Waals surface area contributed by atoms with Gasteiger partial charge in [0.15, 0.2) is 21.3 Å². The fourth-order valence-electron chi connectivity index (χ4n) is 3.53. The highest BCUT2D eigenvalue weighted by atomic mass is 32.2. The number of thiocarbonyl (C=S) groups is 1. The van der Waals surface area contributed by atoms with Gasteiger partial charge < -0.3 is 9.47 Å². The first-order chi connectivity index (χ1) is 14.3. The van der Waals surface area contributed by atoms with Gasteiger partial charge in [-0.2, -0.15) is 0 Å². The number of hydrogen-bond acceptors (Lipinski definition) is 7. The van der Waals surface area contributed by atoms with E-state index in [0.717, 1.165) is 18.4 Å². The minimum atomic E-state index is -3.10. The van der Waals surface area contributed by atoms with E-state index in [1.807, 2.05) is 18.2 Å². The van der Waals surface area contributed by atoms with Crippen LogP contribution in [0.15, 0.2) is 23.1 Å². The fraction of sp³-hybridized carbons (Fsp3) is 0.524. The van der Waals surface area contributed by atoms with Crippen LogP contribution in [-0.4, -0.2) is 54.8 Å². The van der Waals surface area contributed by atoms with E-state index >= 15 is 0 Å². The second-order valence-electron chi connectivity index (χ2n) is 7.43. The Balaban J connectivity index is 1.70. The van der Waals surface area contributed by atoms with Crippen molar-refractivity contribution in [1.29, 1.82) is 0 Å². The van der Waals surface area contributed by atoms with Gasteiger partial charge in [0.1, 0.15) is 4.32 Å². The second-order valence-corrected chi connectivity index (χ2v) is 11.3. The minimum absolute atomic E-state index is 0.0230. The van der Waals surface area contributed by atoms with Crippen molar-refractivity contribution in [2.24, 2.45) is 0 Å². The fourth-order valence-corrected chi connectivity index (χ4v) is 6.63. The first kappa shape index (κ1) is 23.1. The number of nitrogens with zero attached hydrogens (tertiary/aromatic N) is 1. The molecule has 0 aliphatic carbocycles. The van der Waals surface area contributed by atoms with E-state index in [1.165, 1.54) is 29.5 Å². The van der Waals surface area contributed by atoms with Crippen LogP contribution in [0.5, 0.6) is 11.5 Å². The topological polar surface area (TPSA) is 72.9 Å². The van der Waals surface area contributed by atoms with Gasteiger partial charge >= 0.3 is 0 Å². The highest BCUT2D eigenvalue weighted by Gasteiger charge is 2.42. The van der Waals surface area contributed by atoms with E-state index in [0.29, 0.717) is 33.8 Å². The lowest BCUT2D eigenvalue weighted by Gasteiger charge is -2.20. The summed E-state index contributed by atoms with van der Waals surface area (Å²) in [5.74, 6) is 1.13. The molecule has 0 unspecified atom stereocenters. The van der Waals surface area contributed by atoms with Crippen molar-refractivity contribution in [3.8, 4) is 11.5 Å². The molecule has 0 radical (unpaired) electrons. The summed E-state index contributed by atoms with van der Waals surface area (Å²) in [5.41, 5.74) is 0.796. The van der Waals surface area contributed by atoms with Crippen molar-refractivity contribution in [3.63, 3.8) is 0 Å². The Morgan fingerprint density at radius 1 is 1.27 bits per heavy atom. The van der Waals surface area contributed by atoms with Crippen LogP contribution < -0.4 is 9.47 Å². The van der Waals surface area contributed by atoms with Crippen LogP contribution in [0, 0.1) is 0 Å². The van der Waals surface area contributed by atoms with Crippen molar-refractivity contribution < 1.29 is 22.7 Å². The number of sulfone groups is 1. The molecule has 0 bridgehead atoms. The summed E-state index contributed by atoms with van der Waals surface area (Å²) in [7, 11) is -1.51. The molecular formula is C21H27NO5S3. The van der Waals surface area contributed by atoms with E-state index in [4.69, 9.17) is 21.7 Å². The molecule has 1 amide bonds. The van der Waals surface area contributed by atoms with E-state index in [9.17, 15) is 13.2 Å². The van der Waals surface area contributed by atoms with Crippen LogP contribution in [0.2, 0.25) is 0 Å². The van der Waals surface area contributed by atoms with Crippen LogP contribution in [0.3, 0.4) is 0 Å². The maximum atomic E-state index is 12.9. The molecule has 1 aromatic carbocycles. The van der Waals surface area contributed by atoms with Crippen molar-refractivity contribution in [2.75, 3.05) is 25.2 Å². The summed E-state index contributed by atoms with van der Waals surface area (Å²) in [4.78, 5) is 14.8. The van der Waals surface area contributed by atoms with Crippen molar-refractivity contribution in [3.05, 3.63) is 28.7 Å². The largest absolute Gasteiger partial charge is 0.493 e. The molecule has 0 N–H and O–H groups in total. The molecule has 2 aliphatic heterocycles. The molecule has 2 aliphatic rings. The Bertz CT molecular complexity index is 942. The molecule has 2 saturated heterocycles. The summed E-state index contributed by atoms with van der Waals surface area (Å²) < 4.78 is 35.3. The minimum Gasteiger partial charge on any atom is -0.493 e. The number of thioether (sulfide) groups is 1. The number of unbranched alkanes of at least 4 members (excludes halogenated alkanes) is 3. The molecule has 9 heteroatoms. The van der Waals surface area contributed by atoms with E-state index in [2.05, 4.69) is 6.92 Å². The van der Waals surface area contributed by atoms with Crippen LogP contribution in [-0.2, 0) is 14.6 Å². The zero-order chi connectivity index (χ0) is 21.7. The normalized spacial score (nSPS) is 22.1. The Morgan fingerprint density at radius 3 is 2.73 bits per heavy atom. The number of carbonyl (C=O) groups is 1. The smallest absolute Gasteiger partial charge is 0.266 e. The molecule has 2 heterocycles. The van der Waals surface area contributed by atoms with Crippen molar-refractivity contribution in [1.82, 2.24) is 4.90 Å². The highest BCUT2D eigenvalue weighted by Crippen LogP contribution is 2.37. The zero-order valence-corrected chi connectivity index (χ0v) is 19.7. The summed E-state index contributed by atoms with van der Waals surface area (Å²) in [6, 6.07) is 5.17. The lowest BCUT2D eigenvalue weighted by Crippen LogP contribution is -2.39. The first-order valence-corrected chi connectivity index (χ1v) is 13.2. The van der Waals surface area contributed by atoms with Crippen LogP contribution in [0.25, 0.3) is 6.08 Å². The number of carbonyl (C=O) groups excluding carboxylic acids is 1. The first-order valence-electron chi connectivity index (χ1n) is 10.1. The quantitative estimate of drug-likeness (QED) is 0.307. The number of benzene rings is 1. The lowest BCUT2D eigenvalue weighted by molar-refractivity contribution is -0.123. The van der Waals surface area contributed by atoms with Crippen LogP contribution in [0.4, 0.5) is 0 Å². The molecule has 3 rings (SSSR count). The average molecular weight is 470 g/mol. The molecule has 0 aromatic heterocycles. The van der Waals surface area contributed by atoms with Gasteiger partial charge in [0.25, 0.3) is 5.91 Å². The molecule has 6 nitrogen and oxygen atoms in total. The Labute approximate surface area is 187 Å². The van der Waals surface area contributed by atoms with Gasteiger partial charge in [-0.1, -0.05) is 56.2 Å². The summed E-state index contributed by atoms with van der Waals surface area (Å²) in [6.45, 7) is 2.81. The third-order valence-electron chi connectivity index (χ3n) is 5.14. The molecule has 30 heavy (non-hydrogen) atoms. The highest BCUT2D eigenvalue weighted by molar-refractivity contribution is 8.26. The van der Waals surface area contributed by atoms with Crippen molar-refractivity contribution in [2.45, 2.75) is 45.1 Å². The molecule has 1 aromatic rings. The monoisotopic (exact) mass is 469 g/mol. The van der Waals surface area contributed by atoms with Gasteiger partial charge in [0.05, 0.1) is 36.2 Å². The average Bonchev–Trinajstić information content (AvgIpc) is 3.20. The van der Waals surface area contributed by atoms with E-state index in [1.54, 1.807) is 13.2 Å². The van der Waals surface area contributed by atoms with Crippen LogP contribution in [0.1, 0.15) is 44.6 Å². The molecule has 2 fully saturated rings. The summed E-state index contributed by atoms with van der Waals surface area (Å²) in [6.07, 6.45) is 6.71. The third-order valence-corrected chi connectivity index (χ3v) is 8.22. The Kier molecular flexibility index (Phi) is 7.81. The van der Waals surface area contributed by atoms with Gasteiger partial charge in [0, 0.05) is 0 Å². The predicted octanol–water partition coefficient (Wildman–Crippen LogP) is 4.04. The Morgan fingerprint density at radius 2 is 2.07 bits per heavy atom. The molecule has 1 atom stereocenters. The van der Waals surface area contributed by atoms with Crippen LogP contribution >= 0.6 is 24.0 Å². The van der Waals surface area contributed by atoms with Gasteiger partial charge in [0.2, 0.25) is 0 Å². The van der Waals surface area contributed by atoms with Gasteiger partial charge in [-0.25, -0.2) is 8.42 Å². The number of amides is 1. The number of ether oxygens (including phenoxy) is 2. The Hall–Kier alpha value is -1.58. The summed E-state index contributed by atoms with van der Waals surface area (Å²) >= 11 is 6.56. The zero-order valence-electron chi connectivity index (χ0n) is 17.3. The van der Waals surface area contributed by atoms with Gasteiger partial charge in [-0.05, 0) is 36.6 Å². The molecule has 0 saturated carbocycles. The van der Waals surface area contributed by atoms with Gasteiger partial charge in [-0.3, -0.25) is 9.69 Å². The standard InChI is InChI=1S/C21H27NO5S3/c1-3-4-5-6-10-27-17-8-7-15(12-18(17)26-2)13-19-20(23)22(21(28)29-19)16-9-11-30(24,25)14-16/h7-8,12-13,16H,3-6,9-11,14H2,1-2H3/b19-13-/t16-/m1/s1. The SMILES string of the molecule is CCCCCCOc1ccc(/C=C2\SC(=S)N([C@@H]3CCS(=O)(=O)C3)C2=O)cc1OC. The predicted molar refractivity (Wildman–Crippen MR) is 125 cm³/mol. The molecule has 164 valence electrons. The second kappa shape index (κ2) is 10.2. The summed E-state index contributed by atoms with van der Waals surface area (Å²) in [5, 5.41) is 0. The van der Waals surface area contributed by atoms with E-state index < -0.39 is 9.84 Å².